The maximum absolute atomic E-state index is 15.5. The summed E-state index contributed by atoms with van der Waals surface area (Å²) >= 11 is 0. The molecule has 2 nitrogen and oxygen atoms in total. The molecule has 0 aromatic heterocycles. The van der Waals surface area contributed by atoms with Crippen LogP contribution in [0.1, 0.15) is 0 Å². The van der Waals surface area contributed by atoms with Crippen molar-refractivity contribution >= 4 is 34.1 Å². The van der Waals surface area contributed by atoms with Crippen molar-refractivity contribution in [2.24, 2.45) is 0 Å². The van der Waals surface area contributed by atoms with Crippen LogP contribution in [0.4, 0.5) is 74.6 Å². The van der Waals surface area contributed by atoms with Gasteiger partial charge in [-0.25, -0.2) is 65.9 Å². The van der Waals surface area contributed by atoms with Crippen molar-refractivity contribution in [3.8, 4) is 22.6 Å². The van der Waals surface area contributed by atoms with E-state index >= 15 is 22.0 Å². The first-order valence-corrected chi connectivity index (χ1v) is 13.6. The Labute approximate surface area is 276 Å². The van der Waals surface area contributed by atoms with E-state index < -0.39 is 156 Å². The van der Waals surface area contributed by atoms with E-state index in [2.05, 4.69) is 0 Å². The molecule has 0 spiro atoms. The number of halogens is 17. The van der Waals surface area contributed by atoms with Gasteiger partial charge >= 0.3 is 7.12 Å². The third-order valence-corrected chi connectivity index (χ3v) is 7.56. The van der Waals surface area contributed by atoms with E-state index in [0.29, 0.717) is 12.1 Å². The van der Waals surface area contributed by atoms with Crippen molar-refractivity contribution in [2.45, 2.75) is 0 Å². The summed E-state index contributed by atoms with van der Waals surface area (Å²) in [5, 5.41) is -4.42. The Bertz CT molecular complexity index is 2500. The van der Waals surface area contributed by atoms with E-state index in [4.69, 9.17) is 9.31 Å². The largest absolute Gasteiger partial charge is 0.635 e. The lowest BCUT2D eigenvalue weighted by atomic mass is 9.77. The summed E-state index contributed by atoms with van der Waals surface area (Å²) in [5.74, 6) is -48.5. The van der Waals surface area contributed by atoms with Crippen LogP contribution in [0.15, 0.2) is 36.4 Å². The Hall–Kier alpha value is -5.69. The Morgan fingerprint density at radius 3 is 1.48 bits per heavy atom. The molecule has 0 fully saturated rings. The monoisotopic (exact) mass is 756 g/mol. The van der Waals surface area contributed by atoms with Crippen LogP contribution in [0.2, 0.25) is 0 Å². The Morgan fingerprint density at radius 2 is 0.865 bits per heavy atom. The van der Waals surface area contributed by atoms with E-state index in [1.807, 2.05) is 0 Å². The fraction of sp³-hybridized carbons (Fsp3) is 0. The van der Waals surface area contributed by atoms with Gasteiger partial charge in [0.15, 0.2) is 69.7 Å². The van der Waals surface area contributed by atoms with E-state index in [-0.39, 0.29) is 12.1 Å². The molecule has 6 aromatic rings. The van der Waals surface area contributed by atoms with Gasteiger partial charge in [-0.3, -0.25) is 0 Å². The second-order valence-electron chi connectivity index (χ2n) is 10.5. The fourth-order valence-corrected chi connectivity index (χ4v) is 5.15. The number of hydrogen-bond donors (Lipinski definition) is 0. The second-order valence-corrected chi connectivity index (χ2v) is 10.5. The first-order chi connectivity index (χ1) is 24.4. The molecule has 0 aliphatic rings. The Kier molecular flexibility index (Phi) is 8.90. The van der Waals surface area contributed by atoms with Crippen LogP contribution in [0.5, 0.6) is 11.5 Å². The summed E-state index contributed by atoms with van der Waals surface area (Å²) in [6, 6.07) is 3.22. The van der Waals surface area contributed by atoms with Crippen LogP contribution in [0, 0.1) is 98.9 Å². The summed E-state index contributed by atoms with van der Waals surface area (Å²) < 4.78 is 260. The average molecular weight is 756 g/mol. The van der Waals surface area contributed by atoms with E-state index in [9.17, 15) is 52.7 Å². The van der Waals surface area contributed by atoms with Crippen molar-refractivity contribution in [3.63, 3.8) is 0 Å². The van der Waals surface area contributed by atoms with E-state index in [1.54, 1.807) is 0 Å². The fourth-order valence-electron chi connectivity index (χ4n) is 5.15. The summed E-state index contributed by atoms with van der Waals surface area (Å²) in [5.41, 5.74) is -6.73. The number of rotatable bonds is 6. The minimum Gasteiger partial charge on any atom is -0.519 e. The topological polar surface area (TPSA) is 18.5 Å². The molecule has 0 radical (unpaired) electrons. The van der Waals surface area contributed by atoms with Gasteiger partial charge in [-0.2, -0.15) is 8.78 Å². The first-order valence-electron chi connectivity index (χ1n) is 13.6. The van der Waals surface area contributed by atoms with Crippen molar-refractivity contribution in [3.05, 3.63) is 135 Å². The highest BCUT2D eigenvalue weighted by Gasteiger charge is 2.41. The van der Waals surface area contributed by atoms with Crippen LogP contribution in [0.25, 0.3) is 32.7 Å². The second kappa shape index (κ2) is 12.8. The molecule has 20 heteroatoms. The summed E-state index contributed by atoms with van der Waals surface area (Å²) in [6.07, 6.45) is 0. The third-order valence-electron chi connectivity index (χ3n) is 7.56. The molecule has 0 N–H and O–H groups in total. The molecule has 0 atom stereocenters. The van der Waals surface area contributed by atoms with Crippen LogP contribution >= 0.6 is 0 Å². The Balaban J connectivity index is 1.69. The molecule has 0 aliphatic heterocycles. The highest BCUT2D eigenvalue weighted by atomic mass is 19.2. The van der Waals surface area contributed by atoms with Gasteiger partial charge in [0.2, 0.25) is 23.3 Å². The van der Waals surface area contributed by atoms with Gasteiger partial charge in [-0.1, -0.05) is 18.2 Å². The van der Waals surface area contributed by atoms with Crippen molar-refractivity contribution in [1.82, 2.24) is 0 Å². The zero-order valence-electron chi connectivity index (χ0n) is 24.3. The maximum Gasteiger partial charge on any atom is 0.635 e. The highest BCUT2D eigenvalue weighted by Crippen LogP contribution is 2.44. The first kappa shape index (κ1) is 36.1. The van der Waals surface area contributed by atoms with E-state index in [0.717, 1.165) is 12.1 Å². The molecular formula is C32H6BF17O2. The maximum atomic E-state index is 15.5. The molecule has 0 heterocycles. The van der Waals surface area contributed by atoms with Crippen LogP contribution in [-0.2, 0) is 0 Å². The van der Waals surface area contributed by atoms with Gasteiger partial charge in [0, 0.05) is 5.39 Å². The van der Waals surface area contributed by atoms with Gasteiger partial charge in [0.05, 0.1) is 27.4 Å². The molecule has 52 heavy (non-hydrogen) atoms. The number of benzene rings is 6. The summed E-state index contributed by atoms with van der Waals surface area (Å²) in [4.78, 5) is 0. The third kappa shape index (κ3) is 5.29. The van der Waals surface area contributed by atoms with E-state index in [1.165, 1.54) is 0 Å². The molecule has 0 bridgehead atoms. The van der Waals surface area contributed by atoms with Crippen LogP contribution in [0.3, 0.4) is 0 Å². The van der Waals surface area contributed by atoms with Gasteiger partial charge in [0.1, 0.15) is 17.4 Å². The molecule has 0 saturated heterocycles. The van der Waals surface area contributed by atoms with Crippen molar-refractivity contribution < 1.29 is 83.9 Å². The van der Waals surface area contributed by atoms with Crippen LogP contribution < -0.4 is 14.8 Å². The predicted molar refractivity (Wildman–Crippen MR) is 146 cm³/mol. The highest BCUT2D eigenvalue weighted by molar-refractivity contribution is 6.63. The molecular weight excluding hydrogens is 750 g/mol. The molecule has 0 unspecified atom stereocenters. The Morgan fingerprint density at radius 1 is 0.365 bits per heavy atom. The number of fused-ring (bicyclic) bond motifs is 2. The lowest BCUT2D eigenvalue weighted by molar-refractivity contribution is 0.360. The van der Waals surface area contributed by atoms with Gasteiger partial charge in [0.25, 0.3) is 0 Å². The van der Waals surface area contributed by atoms with Gasteiger partial charge in [-0.05, 0) is 23.6 Å². The minimum atomic E-state index is -3.40. The zero-order chi connectivity index (χ0) is 38.2. The SMILES string of the molecule is Fc1ccc(B(Oc2c(F)c(F)c(F)c(F)c2-c2c(F)c(F)c(F)c(F)c2F)Oc2c(F)c(F)c(F)c3c(F)c4c(F)cccc4cc23)c(F)c1F. The lowest BCUT2D eigenvalue weighted by Crippen LogP contribution is -2.46. The zero-order valence-corrected chi connectivity index (χ0v) is 24.3. The molecule has 6 aromatic carbocycles. The van der Waals surface area contributed by atoms with Crippen molar-refractivity contribution in [2.75, 3.05) is 0 Å². The summed E-state index contributed by atoms with van der Waals surface area (Å²) in [7, 11) is -3.40. The molecule has 0 saturated carbocycles. The predicted octanol–water partition coefficient (Wildman–Crippen LogP) is 9.88. The number of hydrogen-bond acceptors (Lipinski definition) is 2. The normalized spacial score (nSPS) is 11.6. The molecule has 0 aliphatic carbocycles. The molecule has 268 valence electrons. The van der Waals surface area contributed by atoms with Crippen LogP contribution in [-0.4, -0.2) is 7.12 Å². The van der Waals surface area contributed by atoms with Gasteiger partial charge in [-0.15, -0.1) is 0 Å². The molecule has 6 rings (SSSR count). The minimum absolute atomic E-state index is 0.0380. The quantitative estimate of drug-likeness (QED) is 0.0554. The standard InChI is InChI=1S/C32H6BF17O2/c34-10-3-1-2-7-6-8-13(18(38)12(7)10)19(39)26(46)29(49)31(8)51-33(9-4-5-11(35)17(37)16(9)36)52-32-15(22(42)25(45)28(48)30(32)50)14-20(40)23(43)27(47)24(44)21(14)41/h1-6H. The molecule has 0 amide bonds. The summed E-state index contributed by atoms with van der Waals surface area (Å²) in [6.45, 7) is 0. The average Bonchev–Trinajstić information content (AvgIpc) is 3.11. The van der Waals surface area contributed by atoms with Crippen molar-refractivity contribution in [1.29, 1.82) is 0 Å². The lowest BCUT2D eigenvalue weighted by Gasteiger charge is -2.23. The smallest absolute Gasteiger partial charge is 0.519 e. The van der Waals surface area contributed by atoms with Gasteiger partial charge < -0.3 is 9.31 Å².